The molecule has 0 saturated heterocycles. The van der Waals surface area contributed by atoms with Crippen molar-refractivity contribution in [3.05, 3.63) is 34.9 Å². The van der Waals surface area contributed by atoms with E-state index in [1.54, 1.807) is 0 Å². The summed E-state index contributed by atoms with van der Waals surface area (Å²) in [4.78, 5) is 4.78. The van der Waals surface area contributed by atoms with Crippen LogP contribution in [0.1, 0.15) is 37.8 Å². The molecule has 0 spiro atoms. The molecule has 0 amide bonds. The molecular weight excluding hydrogens is 282 g/mol. The molecule has 0 aliphatic heterocycles. The first-order chi connectivity index (χ1) is 9.85. The Balaban J connectivity index is 2.18. The smallest absolute Gasteiger partial charge is 0.0494 e. The van der Waals surface area contributed by atoms with E-state index < -0.39 is 0 Å². The lowest BCUT2D eigenvalue weighted by Gasteiger charge is -2.50. The van der Waals surface area contributed by atoms with Gasteiger partial charge in [0.2, 0.25) is 0 Å². The number of hydrogen-bond acceptors (Lipinski definition) is 3. The highest BCUT2D eigenvalue weighted by molar-refractivity contribution is 6.30. The topological polar surface area (TPSA) is 32.5 Å². The summed E-state index contributed by atoms with van der Waals surface area (Å²) >= 11 is 6.15. The Kier molecular flexibility index (Phi) is 5.31. The van der Waals surface area contributed by atoms with E-state index in [1.807, 2.05) is 18.2 Å². The van der Waals surface area contributed by atoms with E-state index in [9.17, 15) is 0 Å². The standard InChI is InChI=1S/C17H28ClN3/c1-13(19)16(14-7-5-8-15(18)11-14)21(4)12-17(20(2)3)9-6-10-17/h5,7-8,11,13,16H,6,9-10,12,19H2,1-4H3. The molecule has 0 radical (unpaired) electrons. The van der Waals surface area contributed by atoms with Crippen molar-refractivity contribution in [2.24, 2.45) is 5.73 Å². The zero-order valence-corrected chi connectivity index (χ0v) is 14.4. The fourth-order valence-corrected chi connectivity index (χ4v) is 3.74. The van der Waals surface area contributed by atoms with Gasteiger partial charge in [-0.25, -0.2) is 0 Å². The first-order valence-electron chi connectivity index (χ1n) is 7.74. The number of rotatable bonds is 6. The predicted octanol–water partition coefficient (Wildman–Crippen LogP) is 3.14. The van der Waals surface area contributed by atoms with Gasteiger partial charge in [0.25, 0.3) is 0 Å². The molecule has 3 nitrogen and oxygen atoms in total. The summed E-state index contributed by atoms with van der Waals surface area (Å²) < 4.78 is 0. The van der Waals surface area contributed by atoms with E-state index >= 15 is 0 Å². The quantitative estimate of drug-likeness (QED) is 0.876. The molecule has 0 heterocycles. The van der Waals surface area contributed by atoms with Gasteiger partial charge < -0.3 is 10.6 Å². The largest absolute Gasteiger partial charge is 0.326 e. The van der Waals surface area contributed by atoms with E-state index in [1.165, 1.54) is 24.8 Å². The van der Waals surface area contributed by atoms with Crippen LogP contribution in [-0.4, -0.2) is 49.1 Å². The lowest BCUT2D eigenvalue weighted by atomic mass is 9.75. The lowest BCUT2D eigenvalue weighted by molar-refractivity contribution is 0.0131. The van der Waals surface area contributed by atoms with Gasteiger partial charge in [0.05, 0.1) is 0 Å². The summed E-state index contributed by atoms with van der Waals surface area (Å²) in [5.74, 6) is 0. The van der Waals surface area contributed by atoms with Crippen LogP contribution in [-0.2, 0) is 0 Å². The van der Waals surface area contributed by atoms with Gasteiger partial charge in [-0.3, -0.25) is 4.90 Å². The van der Waals surface area contributed by atoms with Crippen LogP contribution in [0, 0.1) is 0 Å². The van der Waals surface area contributed by atoms with Crippen molar-refractivity contribution in [2.75, 3.05) is 27.7 Å². The molecule has 0 bridgehead atoms. The Labute approximate surface area is 134 Å². The zero-order valence-electron chi connectivity index (χ0n) is 13.6. The number of likely N-dealkylation sites (N-methyl/N-ethyl adjacent to an activating group) is 2. The number of hydrogen-bond donors (Lipinski definition) is 1. The highest BCUT2D eigenvalue weighted by Crippen LogP contribution is 2.38. The third-order valence-corrected chi connectivity index (χ3v) is 5.17. The Hall–Kier alpha value is -0.610. The average molecular weight is 310 g/mol. The minimum atomic E-state index is 0.0627. The number of nitrogens with two attached hydrogens (primary N) is 1. The Morgan fingerprint density at radius 3 is 2.38 bits per heavy atom. The van der Waals surface area contributed by atoms with Crippen LogP contribution < -0.4 is 5.73 Å². The van der Waals surface area contributed by atoms with Crippen molar-refractivity contribution in [2.45, 2.75) is 43.8 Å². The van der Waals surface area contributed by atoms with E-state index in [4.69, 9.17) is 17.3 Å². The molecule has 118 valence electrons. The van der Waals surface area contributed by atoms with Gasteiger partial charge in [-0.1, -0.05) is 23.7 Å². The maximum atomic E-state index is 6.28. The fourth-order valence-electron chi connectivity index (χ4n) is 3.54. The monoisotopic (exact) mass is 309 g/mol. The Morgan fingerprint density at radius 2 is 1.95 bits per heavy atom. The van der Waals surface area contributed by atoms with Gasteiger partial charge in [-0.05, 0) is 65.0 Å². The molecule has 1 saturated carbocycles. The Morgan fingerprint density at radius 1 is 1.29 bits per heavy atom. The van der Waals surface area contributed by atoms with Gasteiger partial charge in [-0.2, -0.15) is 0 Å². The van der Waals surface area contributed by atoms with Gasteiger partial charge in [0, 0.05) is 29.2 Å². The second kappa shape index (κ2) is 6.66. The molecule has 1 aromatic rings. The van der Waals surface area contributed by atoms with Crippen LogP contribution in [0.2, 0.25) is 5.02 Å². The molecule has 1 aromatic carbocycles. The van der Waals surface area contributed by atoms with Gasteiger partial charge >= 0.3 is 0 Å². The predicted molar refractivity (Wildman–Crippen MR) is 90.7 cm³/mol. The van der Waals surface area contributed by atoms with Crippen molar-refractivity contribution in [3.8, 4) is 0 Å². The maximum absolute atomic E-state index is 6.28. The second-order valence-electron chi connectivity index (χ2n) is 6.75. The van der Waals surface area contributed by atoms with Gasteiger partial charge in [-0.15, -0.1) is 0 Å². The molecule has 2 atom stereocenters. The van der Waals surface area contributed by atoms with Gasteiger partial charge in [0.15, 0.2) is 0 Å². The van der Waals surface area contributed by atoms with Crippen LogP contribution in [0.5, 0.6) is 0 Å². The first-order valence-corrected chi connectivity index (χ1v) is 8.12. The zero-order chi connectivity index (χ0) is 15.6. The fraction of sp³-hybridized carbons (Fsp3) is 0.647. The molecule has 2 unspecified atom stereocenters. The minimum absolute atomic E-state index is 0.0627. The normalized spacial score (nSPS) is 20.4. The molecule has 1 fully saturated rings. The highest BCUT2D eigenvalue weighted by atomic mass is 35.5. The summed E-state index contributed by atoms with van der Waals surface area (Å²) in [6.07, 6.45) is 3.86. The molecule has 1 aliphatic rings. The molecule has 21 heavy (non-hydrogen) atoms. The molecule has 4 heteroatoms. The minimum Gasteiger partial charge on any atom is -0.326 e. The van der Waals surface area contributed by atoms with Crippen LogP contribution in [0.4, 0.5) is 0 Å². The number of nitrogens with zero attached hydrogens (tertiary/aromatic N) is 2. The van der Waals surface area contributed by atoms with Crippen molar-refractivity contribution in [1.82, 2.24) is 9.80 Å². The second-order valence-corrected chi connectivity index (χ2v) is 7.18. The van der Waals surface area contributed by atoms with E-state index in [0.717, 1.165) is 11.6 Å². The Bertz CT molecular complexity index is 469. The lowest BCUT2D eigenvalue weighted by Crippen LogP contribution is -2.58. The molecular formula is C17H28ClN3. The average Bonchev–Trinajstić information content (AvgIpc) is 2.33. The molecule has 0 aromatic heterocycles. The third kappa shape index (κ3) is 3.59. The van der Waals surface area contributed by atoms with Gasteiger partial charge in [0.1, 0.15) is 0 Å². The summed E-state index contributed by atoms with van der Waals surface area (Å²) in [6.45, 7) is 3.11. The summed E-state index contributed by atoms with van der Waals surface area (Å²) in [5.41, 5.74) is 7.78. The molecule has 1 aliphatic carbocycles. The summed E-state index contributed by atoms with van der Waals surface area (Å²) in [7, 11) is 6.55. The van der Waals surface area contributed by atoms with Crippen molar-refractivity contribution >= 4 is 11.6 Å². The van der Waals surface area contributed by atoms with Crippen LogP contribution >= 0.6 is 11.6 Å². The van der Waals surface area contributed by atoms with E-state index in [0.29, 0.717) is 5.54 Å². The van der Waals surface area contributed by atoms with E-state index in [2.05, 4.69) is 43.9 Å². The van der Waals surface area contributed by atoms with Crippen LogP contribution in [0.15, 0.2) is 24.3 Å². The number of benzene rings is 1. The third-order valence-electron chi connectivity index (χ3n) is 4.94. The van der Waals surface area contributed by atoms with Crippen molar-refractivity contribution in [3.63, 3.8) is 0 Å². The summed E-state index contributed by atoms with van der Waals surface area (Å²) in [5, 5.41) is 0.775. The van der Waals surface area contributed by atoms with Crippen molar-refractivity contribution in [1.29, 1.82) is 0 Å². The highest BCUT2D eigenvalue weighted by Gasteiger charge is 2.41. The summed E-state index contributed by atoms with van der Waals surface area (Å²) in [6, 6.07) is 8.34. The number of halogens is 1. The molecule has 2 N–H and O–H groups in total. The van der Waals surface area contributed by atoms with Crippen molar-refractivity contribution < 1.29 is 0 Å². The molecule has 2 rings (SSSR count). The maximum Gasteiger partial charge on any atom is 0.0494 e. The van der Waals surface area contributed by atoms with Crippen LogP contribution in [0.25, 0.3) is 0 Å². The van der Waals surface area contributed by atoms with E-state index in [-0.39, 0.29) is 12.1 Å². The SMILES string of the molecule is CC(N)C(c1cccc(Cl)c1)N(C)CC1(N(C)C)CCC1. The first kappa shape index (κ1) is 16.8. The van der Waals surface area contributed by atoms with Crippen LogP contribution in [0.3, 0.4) is 0 Å².